The van der Waals surface area contributed by atoms with Crippen molar-refractivity contribution >= 4 is 18.0 Å². The molecule has 0 fully saturated rings. The topological polar surface area (TPSA) is 105 Å². The molecule has 0 saturated carbocycles. The number of benzene rings is 2. The van der Waals surface area contributed by atoms with Crippen LogP contribution in [0.25, 0.3) is 11.1 Å². The molecule has 182 valence electrons. The largest absolute Gasteiger partial charge is 0.481 e. The second-order valence-corrected chi connectivity index (χ2v) is 9.11. The van der Waals surface area contributed by atoms with Gasteiger partial charge in [0, 0.05) is 24.9 Å². The van der Waals surface area contributed by atoms with Crippen LogP contribution in [0.3, 0.4) is 0 Å². The molecular weight excluding hydrogens is 432 g/mol. The van der Waals surface area contributed by atoms with Crippen molar-refractivity contribution in [2.75, 3.05) is 13.2 Å². The van der Waals surface area contributed by atoms with Crippen LogP contribution < -0.4 is 10.6 Å². The molecule has 1 aliphatic carbocycles. The monoisotopic (exact) mass is 466 g/mol. The Kier molecular flexibility index (Phi) is 8.68. The highest BCUT2D eigenvalue weighted by Gasteiger charge is 2.29. The van der Waals surface area contributed by atoms with Crippen molar-refractivity contribution in [2.45, 2.75) is 52.0 Å². The van der Waals surface area contributed by atoms with Gasteiger partial charge < -0.3 is 20.5 Å². The van der Waals surface area contributed by atoms with Crippen molar-refractivity contribution in [3.63, 3.8) is 0 Å². The molecule has 0 radical (unpaired) electrons. The van der Waals surface area contributed by atoms with E-state index < -0.39 is 18.0 Å². The van der Waals surface area contributed by atoms with E-state index in [2.05, 4.69) is 34.9 Å². The van der Waals surface area contributed by atoms with Gasteiger partial charge in [0.05, 0.1) is 5.92 Å². The fourth-order valence-corrected chi connectivity index (χ4v) is 4.41. The maximum Gasteiger partial charge on any atom is 0.407 e. The summed E-state index contributed by atoms with van der Waals surface area (Å²) in [5.74, 6) is -1.84. The average molecular weight is 467 g/mol. The second kappa shape index (κ2) is 11.7. The molecule has 34 heavy (non-hydrogen) atoms. The molecule has 2 unspecified atom stereocenters. The Bertz CT molecular complexity index is 974. The zero-order valence-corrected chi connectivity index (χ0v) is 20.0. The fraction of sp³-hybridized carbons (Fsp3) is 0.444. The number of hydrogen-bond acceptors (Lipinski definition) is 4. The zero-order chi connectivity index (χ0) is 24.7. The first kappa shape index (κ1) is 25.3. The summed E-state index contributed by atoms with van der Waals surface area (Å²) in [6.45, 7) is 5.91. The first-order chi connectivity index (χ1) is 16.3. The van der Waals surface area contributed by atoms with Crippen LogP contribution in [0.5, 0.6) is 0 Å². The van der Waals surface area contributed by atoms with Gasteiger partial charge in [-0.05, 0) is 41.0 Å². The third-order valence-electron chi connectivity index (χ3n) is 6.52. The van der Waals surface area contributed by atoms with Gasteiger partial charge >= 0.3 is 12.1 Å². The maximum atomic E-state index is 12.5. The van der Waals surface area contributed by atoms with Gasteiger partial charge in [-0.2, -0.15) is 0 Å². The minimum absolute atomic E-state index is 0.00728. The Labute approximate surface area is 200 Å². The number of amides is 2. The number of fused-ring (bicyclic) bond motifs is 3. The van der Waals surface area contributed by atoms with Crippen LogP contribution in [-0.4, -0.2) is 42.3 Å². The first-order valence-corrected chi connectivity index (χ1v) is 11.9. The second-order valence-electron chi connectivity index (χ2n) is 9.11. The van der Waals surface area contributed by atoms with E-state index >= 15 is 0 Å². The van der Waals surface area contributed by atoms with E-state index in [0.29, 0.717) is 12.8 Å². The van der Waals surface area contributed by atoms with Gasteiger partial charge in [0.2, 0.25) is 5.91 Å². The van der Waals surface area contributed by atoms with Crippen LogP contribution in [0.1, 0.15) is 57.1 Å². The van der Waals surface area contributed by atoms with Gasteiger partial charge in [-0.1, -0.05) is 69.3 Å². The highest BCUT2D eigenvalue weighted by atomic mass is 16.5. The summed E-state index contributed by atoms with van der Waals surface area (Å²) in [5, 5.41) is 14.8. The number of hydrogen-bond donors (Lipinski definition) is 3. The van der Waals surface area contributed by atoms with Crippen LogP contribution in [0.2, 0.25) is 0 Å². The van der Waals surface area contributed by atoms with E-state index in [0.717, 1.165) is 11.1 Å². The number of alkyl carbamates (subject to hydrolysis) is 1. The lowest BCUT2D eigenvalue weighted by Gasteiger charge is -2.19. The lowest BCUT2D eigenvalue weighted by Crippen LogP contribution is -2.38. The van der Waals surface area contributed by atoms with Gasteiger partial charge in [-0.3, -0.25) is 9.59 Å². The number of nitrogens with one attached hydrogen (secondary N) is 2. The van der Waals surface area contributed by atoms with Gasteiger partial charge in [0.1, 0.15) is 6.61 Å². The minimum Gasteiger partial charge on any atom is -0.481 e. The number of carbonyl (C=O) groups is 3. The van der Waals surface area contributed by atoms with Gasteiger partial charge in [0.25, 0.3) is 0 Å². The van der Waals surface area contributed by atoms with Gasteiger partial charge in [-0.15, -0.1) is 0 Å². The summed E-state index contributed by atoms with van der Waals surface area (Å²) in [4.78, 5) is 36.0. The number of ether oxygens (including phenoxy) is 1. The van der Waals surface area contributed by atoms with E-state index in [1.165, 1.54) is 11.1 Å². The molecule has 2 atom stereocenters. The number of carbonyl (C=O) groups excluding carboxylic acids is 2. The molecule has 2 aromatic carbocycles. The summed E-state index contributed by atoms with van der Waals surface area (Å²) < 4.78 is 5.59. The summed E-state index contributed by atoms with van der Waals surface area (Å²) in [7, 11) is 0. The van der Waals surface area contributed by atoms with Crippen molar-refractivity contribution in [3.05, 3.63) is 59.7 Å². The summed E-state index contributed by atoms with van der Waals surface area (Å²) in [6.07, 6.45) is 0.805. The molecule has 0 bridgehead atoms. The van der Waals surface area contributed by atoms with E-state index in [9.17, 15) is 19.5 Å². The zero-order valence-electron chi connectivity index (χ0n) is 20.0. The molecule has 0 aromatic heterocycles. The summed E-state index contributed by atoms with van der Waals surface area (Å²) >= 11 is 0. The van der Waals surface area contributed by atoms with E-state index in [4.69, 9.17) is 4.74 Å². The molecule has 0 saturated heterocycles. The normalized spacial score (nSPS) is 14.1. The lowest BCUT2D eigenvalue weighted by atomic mass is 9.96. The Morgan fingerprint density at radius 2 is 1.59 bits per heavy atom. The van der Waals surface area contributed by atoms with Crippen LogP contribution in [0.15, 0.2) is 48.5 Å². The predicted molar refractivity (Wildman–Crippen MR) is 130 cm³/mol. The molecule has 3 N–H and O–H groups in total. The molecule has 7 nitrogen and oxygen atoms in total. The van der Waals surface area contributed by atoms with E-state index in [1.807, 2.05) is 45.0 Å². The number of carboxylic acids is 1. The Balaban J connectivity index is 1.48. The van der Waals surface area contributed by atoms with Crippen molar-refractivity contribution in [2.24, 2.45) is 11.8 Å². The third-order valence-corrected chi connectivity index (χ3v) is 6.52. The van der Waals surface area contributed by atoms with Crippen molar-refractivity contribution < 1.29 is 24.2 Å². The summed E-state index contributed by atoms with van der Waals surface area (Å²) in [5.41, 5.74) is 4.65. The van der Waals surface area contributed by atoms with E-state index in [1.54, 1.807) is 0 Å². The molecule has 2 amide bonds. The van der Waals surface area contributed by atoms with Crippen LogP contribution in [0.4, 0.5) is 4.79 Å². The minimum atomic E-state index is -0.918. The molecule has 3 rings (SSSR count). The van der Waals surface area contributed by atoms with Gasteiger partial charge in [0.15, 0.2) is 0 Å². The molecule has 7 heteroatoms. The van der Waals surface area contributed by atoms with Crippen molar-refractivity contribution in [3.8, 4) is 11.1 Å². The van der Waals surface area contributed by atoms with Crippen LogP contribution in [-0.2, 0) is 14.3 Å². The molecule has 0 spiro atoms. The highest BCUT2D eigenvalue weighted by molar-refractivity contribution is 5.79. The van der Waals surface area contributed by atoms with Crippen molar-refractivity contribution in [1.29, 1.82) is 0 Å². The summed E-state index contributed by atoms with van der Waals surface area (Å²) in [6, 6.07) is 16.1. The Morgan fingerprint density at radius 1 is 1.00 bits per heavy atom. The number of aliphatic carboxylic acids is 1. The molecular formula is C27H34N2O5. The first-order valence-electron chi connectivity index (χ1n) is 11.9. The third kappa shape index (κ3) is 6.16. The smallest absolute Gasteiger partial charge is 0.407 e. The standard InChI is InChI=1S/C27H34N2O5/c1-4-18(13-14-25(30)28-15-23(17(2)3)26(31)32)29-27(33)34-16-24-21-11-7-5-9-19(21)20-10-6-8-12-22(20)24/h5-12,17-18,23-24H,4,13-16H2,1-3H3,(H,28,30)(H,29,33)(H,31,32). The molecule has 0 aliphatic heterocycles. The number of carboxylic acid groups (broad SMARTS) is 1. The average Bonchev–Trinajstić information content (AvgIpc) is 3.13. The van der Waals surface area contributed by atoms with Gasteiger partial charge in [-0.25, -0.2) is 4.79 Å². The fourth-order valence-electron chi connectivity index (χ4n) is 4.41. The highest BCUT2D eigenvalue weighted by Crippen LogP contribution is 2.44. The Morgan fingerprint density at radius 3 is 2.12 bits per heavy atom. The predicted octanol–water partition coefficient (Wildman–Crippen LogP) is 4.56. The quantitative estimate of drug-likeness (QED) is 0.450. The Hall–Kier alpha value is -3.35. The number of rotatable bonds is 11. The maximum absolute atomic E-state index is 12.5. The SMILES string of the molecule is CCC(CCC(=O)NCC(C(=O)O)C(C)C)NC(=O)OCC1c2ccccc2-c2ccccc21. The van der Waals surface area contributed by atoms with Crippen LogP contribution in [0, 0.1) is 11.8 Å². The molecule has 1 aliphatic rings. The lowest BCUT2D eigenvalue weighted by molar-refractivity contribution is -0.143. The molecule has 0 heterocycles. The van der Waals surface area contributed by atoms with Crippen LogP contribution >= 0.6 is 0 Å². The molecule has 2 aromatic rings. The van der Waals surface area contributed by atoms with E-state index in [-0.39, 0.29) is 43.4 Å². The van der Waals surface area contributed by atoms with Crippen molar-refractivity contribution in [1.82, 2.24) is 10.6 Å².